The molecule has 1 aromatic carbocycles. The van der Waals surface area contributed by atoms with E-state index in [4.69, 9.17) is 16.7 Å². The molecule has 0 spiro atoms. The SMILES string of the molecule is CC(C(=O)O)=C(C)C(=O)Nc1ccc(Cl)cc1F. The highest BCUT2D eigenvalue weighted by atomic mass is 35.5. The Balaban J connectivity index is 2.95. The second kappa shape index (κ2) is 5.64. The standard InChI is InChI=1S/C12H11ClFNO3/c1-6(7(2)12(17)18)11(16)15-10-4-3-8(13)5-9(10)14/h3-5H,1-2H3,(H,15,16)(H,17,18). The number of aliphatic carboxylic acids is 1. The molecule has 0 aliphatic heterocycles. The molecule has 4 nitrogen and oxygen atoms in total. The van der Waals surface area contributed by atoms with Gasteiger partial charge >= 0.3 is 5.97 Å². The number of anilines is 1. The van der Waals surface area contributed by atoms with Gasteiger partial charge in [0, 0.05) is 16.2 Å². The van der Waals surface area contributed by atoms with Gasteiger partial charge in [0.25, 0.3) is 5.91 Å². The fraction of sp³-hybridized carbons (Fsp3) is 0.167. The van der Waals surface area contributed by atoms with Crippen LogP contribution in [0.2, 0.25) is 5.02 Å². The summed E-state index contributed by atoms with van der Waals surface area (Å²) in [5.74, 6) is -2.55. The Hall–Kier alpha value is -1.88. The third kappa shape index (κ3) is 3.30. The number of carboxylic acid groups (broad SMARTS) is 1. The molecule has 1 aromatic rings. The van der Waals surface area contributed by atoms with Gasteiger partial charge in [-0.1, -0.05) is 11.6 Å². The van der Waals surface area contributed by atoms with Crippen LogP contribution in [0.3, 0.4) is 0 Å². The lowest BCUT2D eigenvalue weighted by atomic mass is 10.1. The Morgan fingerprint density at radius 1 is 1.28 bits per heavy atom. The number of carbonyl (C=O) groups excluding carboxylic acids is 1. The van der Waals surface area contributed by atoms with Crippen molar-refractivity contribution in [2.75, 3.05) is 5.32 Å². The summed E-state index contributed by atoms with van der Waals surface area (Å²) in [4.78, 5) is 22.3. The van der Waals surface area contributed by atoms with Crippen LogP contribution in [0.1, 0.15) is 13.8 Å². The van der Waals surface area contributed by atoms with Crippen molar-refractivity contribution in [2.24, 2.45) is 0 Å². The molecule has 6 heteroatoms. The Morgan fingerprint density at radius 2 is 1.89 bits per heavy atom. The topological polar surface area (TPSA) is 66.4 Å². The van der Waals surface area contributed by atoms with E-state index in [2.05, 4.69) is 5.32 Å². The fourth-order valence-electron chi connectivity index (χ4n) is 1.14. The number of amides is 1. The van der Waals surface area contributed by atoms with E-state index in [0.717, 1.165) is 6.07 Å². The lowest BCUT2D eigenvalue weighted by molar-refractivity contribution is -0.133. The number of hydrogen-bond acceptors (Lipinski definition) is 2. The molecule has 0 saturated heterocycles. The number of carbonyl (C=O) groups is 2. The number of rotatable bonds is 3. The van der Waals surface area contributed by atoms with Gasteiger partial charge in [-0.2, -0.15) is 0 Å². The molecule has 0 aromatic heterocycles. The third-order valence-corrected chi connectivity index (χ3v) is 2.64. The van der Waals surface area contributed by atoms with Crippen LogP contribution in [0.4, 0.5) is 10.1 Å². The molecule has 2 N–H and O–H groups in total. The van der Waals surface area contributed by atoms with Crippen molar-refractivity contribution in [3.63, 3.8) is 0 Å². The van der Waals surface area contributed by atoms with E-state index >= 15 is 0 Å². The molecule has 0 fully saturated rings. The van der Waals surface area contributed by atoms with E-state index < -0.39 is 17.7 Å². The predicted octanol–water partition coefficient (Wildman–Crippen LogP) is 2.84. The normalized spacial score (nSPS) is 11.8. The van der Waals surface area contributed by atoms with Crippen LogP contribution in [0, 0.1) is 5.82 Å². The largest absolute Gasteiger partial charge is 0.478 e. The summed E-state index contributed by atoms with van der Waals surface area (Å²) in [6.07, 6.45) is 0. The minimum Gasteiger partial charge on any atom is -0.478 e. The zero-order valence-electron chi connectivity index (χ0n) is 9.75. The summed E-state index contributed by atoms with van der Waals surface area (Å²) in [5.41, 5.74) is -0.138. The second-order valence-electron chi connectivity index (χ2n) is 3.63. The van der Waals surface area contributed by atoms with E-state index in [1.54, 1.807) is 0 Å². The first-order valence-corrected chi connectivity index (χ1v) is 5.38. The maximum Gasteiger partial charge on any atom is 0.331 e. The lowest BCUT2D eigenvalue weighted by Crippen LogP contribution is -2.17. The molecule has 0 saturated carbocycles. The van der Waals surface area contributed by atoms with Crippen LogP contribution in [0.15, 0.2) is 29.3 Å². The quantitative estimate of drug-likeness (QED) is 0.831. The highest BCUT2D eigenvalue weighted by molar-refractivity contribution is 6.30. The molecule has 0 heterocycles. The monoisotopic (exact) mass is 271 g/mol. The first-order chi connectivity index (χ1) is 8.32. The van der Waals surface area contributed by atoms with E-state index in [-0.39, 0.29) is 21.9 Å². The van der Waals surface area contributed by atoms with E-state index in [0.29, 0.717) is 0 Å². The molecule has 0 radical (unpaired) electrons. The Morgan fingerprint density at radius 3 is 2.39 bits per heavy atom. The second-order valence-corrected chi connectivity index (χ2v) is 4.07. The van der Waals surface area contributed by atoms with E-state index in [1.165, 1.54) is 26.0 Å². The molecule has 1 rings (SSSR count). The molecule has 0 bridgehead atoms. The van der Waals surface area contributed by atoms with Gasteiger partial charge in [-0.15, -0.1) is 0 Å². The van der Waals surface area contributed by atoms with Crippen LogP contribution < -0.4 is 5.32 Å². The summed E-state index contributed by atoms with van der Waals surface area (Å²) in [6.45, 7) is 2.65. The van der Waals surface area contributed by atoms with Gasteiger partial charge in [0.1, 0.15) is 5.82 Å². The van der Waals surface area contributed by atoms with Gasteiger partial charge in [-0.3, -0.25) is 4.79 Å². The van der Waals surface area contributed by atoms with Crippen molar-refractivity contribution in [2.45, 2.75) is 13.8 Å². The minimum absolute atomic E-state index is 0.0110. The summed E-state index contributed by atoms with van der Waals surface area (Å²) in [5, 5.41) is 11.2. The smallest absolute Gasteiger partial charge is 0.331 e. The number of hydrogen-bond donors (Lipinski definition) is 2. The minimum atomic E-state index is -1.20. The molecule has 0 unspecified atom stereocenters. The molecule has 0 atom stereocenters. The highest BCUT2D eigenvalue weighted by Crippen LogP contribution is 2.19. The molecule has 0 aliphatic rings. The average molecular weight is 272 g/mol. The summed E-state index contributed by atoms with van der Waals surface area (Å²) < 4.78 is 13.4. The lowest BCUT2D eigenvalue weighted by Gasteiger charge is -2.08. The number of nitrogens with one attached hydrogen (secondary N) is 1. The van der Waals surface area contributed by atoms with Gasteiger partial charge in [-0.05, 0) is 32.0 Å². The van der Waals surface area contributed by atoms with Crippen molar-refractivity contribution < 1.29 is 19.1 Å². The van der Waals surface area contributed by atoms with Gasteiger partial charge in [0.05, 0.1) is 5.69 Å². The maximum atomic E-state index is 13.4. The average Bonchev–Trinajstić information content (AvgIpc) is 2.30. The first-order valence-electron chi connectivity index (χ1n) is 5.00. The third-order valence-electron chi connectivity index (χ3n) is 2.40. The number of benzene rings is 1. The van der Waals surface area contributed by atoms with Gasteiger partial charge < -0.3 is 10.4 Å². The molecule has 1 amide bonds. The maximum absolute atomic E-state index is 13.4. The van der Waals surface area contributed by atoms with E-state index in [1.807, 2.05) is 0 Å². The van der Waals surface area contributed by atoms with Crippen LogP contribution in [0.25, 0.3) is 0 Å². The summed E-state index contributed by atoms with van der Waals surface area (Å²) in [6, 6.07) is 3.78. The Bertz CT molecular complexity index is 540. The zero-order valence-corrected chi connectivity index (χ0v) is 10.5. The van der Waals surface area contributed by atoms with Gasteiger partial charge in [0.2, 0.25) is 0 Å². The van der Waals surface area contributed by atoms with Gasteiger partial charge in [0.15, 0.2) is 0 Å². The fourth-order valence-corrected chi connectivity index (χ4v) is 1.30. The predicted molar refractivity (Wildman–Crippen MR) is 66.0 cm³/mol. The highest BCUT2D eigenvalue weighted by Gasteiger charge is 2.14. The Labute approximate surface area is 108 Å². The summed E-state index contributed by atoms with van der Waals surface area (Å²) in [7, 11) is 0. The van der Waals surface area contributed by atoms with Gasteiger partial charge in [-0.25, -0.2) is 9.18 Å². The molecule has 18 heavy (non-hydrogen) atoms. The van der Waals surface area contributed by atoms with Crippen molar-refractivity contribution in [1.29, 1.82) is 0 Å². The van der Waals surface area contributed by atoms with E-state index in [9.17, 15) is 14.0 Å². The van der Waals surface area contributed by atoms with Crippen molar-refractivity contribution in [1.82, 2.24) is 0 Å². The summed E-state index contributed by atoms with van der Waals surface area (Å²) >= 11 is 5.57. The zero-order chi connectivity index (χ0) is 13.9. The molecule has 0 aliphatic carbocycles. The van der Waals surface area contributed by atoms with Crippen LogP contribution in [-0.4, -0.2) is 17.0 Å². The van der Waals surface area contributed by atoms with Crippen LogP contribution >= 0.6 is 11.6 Å². The van der Waals surface area contributed by atoms with Crippen LogP contribution in [0.5, 0.6) is 0 Å². The van der Waals surface area contributed by atoms with Crippen LogP contribution in [-0.2, 0) is 9.59 Å². The number of carboxylic acids is 1. The number of halogens is 2. The molecule has 96 valence electrons. The molecular formula is C12H11ClFNO3. The van der Waals surface area contributed by atoms with Crippen molar-refractivity contribution >= 4 is 29.2 Å². The molecular weight excluding hydrogens is 261 g/mol. The van der Waals surface area contributed by atoms with Crippen molar-refractivity contribution in [3.05, 3.63) is 40.2 Å². The first kappa shape index (κ1) is 14.2. The van der Waals surface area contributed by atoms with Crippen molar-refractivity contribution in [3.8, 4) is 0 Å². The Kier molecular flexibility index (Phi) is 4.44.